The third-order valence-electron chi connectivity index (χ3n) is 4.48. The van der Waals surface area contributed by atoms with Crippen LogP contribution in [-0.4, -0.2) is 44.9 Å². The van der Waals surface area contributed by atoms with Crippen molar-refractivity contribution in [3.63, 3.8) is 0 Å². The highest BCUT2D eigenvalue weighted by Crippen LogP contribution is 2.22. The van der Waals surface area contributed by atoms with Crippen molar-refractivity contribution in [2.45, 2.75) is 32.4 Å². The van der Waals surface area contributed by atoms with Crippen LogP contribution in [0, 0.1) is 5.92 Å². The molecule has 1 aliphatic rings. The smallest absolute Gasteiger partial charge is 0.278 e. The first kappa shape index (κ1) is 15.6. The second-order valence-electron chi connectivity index (χ2n) is 6.18. The van der Waals surface area contributed by atoms with E-state index in [0.717, 1.165) is 17.5 Å². The number of nitrogens with zero attached hydrogens (tertiary/aromatic N) is 4. The quantitative estimate of drug-likeness (QED) is 0.883. The van der Waals surface area contributed by atoms with Gasteiger partial charge in [0.05, 0.1) is 5.39 Å². The highest BCUT2D eigenvalue weighted by molar-refractivity contribution is 5.78. The van der Waals surface area contributed by atoms with Gasteiger partial charge in [0.25, 0.3) is 5.56 Å². The van der Waals surface area contributed by atoms with Crippen LogP contribution in [-0.2, 0) is 11.3 Å². The third-order valence-corrected chi connectivity index (χ3v) is 4.48. The summed E-state index contributed by atoms with van der Waals surface area (Å²) in [6.07, 6.45) is 1.86. The summed E-state index contributed by atoms with van der Waals surface area (Å²) in [6.45, 7) is 3.19. The first-order valence-electron chi connectivity index (χ1n) is 7.92. The highest BCUT2D eigenvalue weighted by atomic mass is 16.2. The number of hydrogen-bond acceptors (Lipinski definition) is 5. The van der Waals surface area contributed by atoms with E-state index in [9.17, 15) is 9.59 Å². The van der Waals surface area contributed by atoms with Gasteiger partial charge in [0.1, 0.15) is 12.1 Å². The number of amides is 1. The van der Waals surface area contributed by atoms with Gasteiger partial charge < -0.3 is 10.6 Å². The summed E-state index contributed by atoms with van der Waals surface area (Å²) in [7, 11) is 0. The maximum atomic E-state index is 12.6. The predicted octanol–water partition coefficient (Wildman–Crippen LogP) is 0.377. The summed E-state index contributed by atoms with van der Waals surface area (Å²) in [5.74, 6) is 0.440. The van der Waals surface area contributed by atoms with Crippen LogP contribution >= 0.6 is 0 Å². The molecule has 2 N–H and O–H groups in total. The molecule has 0 saturated carbocycles. The monoisotopic (exact) mass is 315 g/mol. The Morgan fingerprint density at radius 3 is 2.96 bits per heavy atom. The fourth-order valence-corrected chi connectivity index (χ4v) is 3.15. The molecular weight excluding hydrogens is 294 g/mol. The third kappa shape index (κ3) is 3.10. The van der Waals surface area contributed by atoms with E-state index >= 15 is 0 Å². The van der Waals surface area contributed by atoms with Gasteiger partial charge in [0.2, 0.25) is 5.91 Å². The molecule has 0 aliphatic carbocycles. The van der Waals surface area contributed by atoms with Crippen LogP contribution in [0.25, 0.3) is 10.9 Å². The topological polar surface area (TPSA) is 94.1 Å². The number of fused-ring (bicyclic) bond motifs is 1. The molecule has 0 radical (unpaired) electrons. The number of rotatable bonds is 3. The van der Waals surface area contributed by atoms with E-state index in [1.807, 2.05) is 0 Å². The molecule has 2 heterocycles. The van der Waals surface area contributed by atoms with Crippen LogP contribution in [0.3, 0.4) is 0 Å². The lowest BCUT2D eigenvalue weighted by atomic mass is 9.92. The number of nitrogens with two attached hydrogens (primary N) is 1. The first-order valence-corrected chi connectivity index (χ1v) is 7.92. The van der Waals surface area contributed by atoms with E-state index in [4.69, 9.17) is 5.73 Å². The summed E-state index contributed by atoms with van der Waals surface area (Å²) in [4.78, 5) is 26.8. The molecule has 1 saturated heterocycles. The summed E-state index contributed by atoms with van der Waals surface area (Å²) >= 11 is 0. The van der Waals surface area contributed by atoms with E-state index in [1.165, 1.54) is 0 Å². The minimum Gasteiger partial charge on any atom is -0.337 e. The van der Waals surface area contributed by atoms with Gasteiger partial charge >= 0.3 is 0 Å². The Bertz CT molecular complexity index is 772. The lowest BCUT2D eigenvalue weighted by Crippen LogP contribution is -2.51. The molecule has 1 fully saturated rings. The van der Waals surface area contributed by atoms with Crippen LogP contribution < -0.4 is 11.3 Å². The fraction of sp³-hybridized carbons (Fsp3) is 0.500. The second kappa shape index (κ2) is 6.45. The molecule has 1 aromatic carbocycles. The van der Waals surface area contributed by atoms with Crippen molar-refractivity contribution in [2.24, 2.45) is 11.7 Å². The molecule has 0 spiro atoms. The molecule has 1 amide bonds. The molecule has 2 atom stereocenters. The van der Waals surface area contributed by atoms with Gasteiger partial charge in [0, 0.05) is 19.1 Å². The molecule has 2 aromatic rings. The molecule has 0 bridgehead atoms. The van der Waals surface area contributed by atoms with Crippen molar-refractivity contribution in [1.82, 2.24) is 19.9 Å². The van der Waals surface area contributed by atoms with Gasteiger partial charge in [-0.05, 0) is 30.9 Å². The number of carbonyl (C=O) groups excluding carboxylic acids is 1. The average molecular weight is 315 g/mol. The van der Waals surface area contributed by atoms with E-state index in [-0.39, 0.29) is 24.1 Å². The Morgan fingerprint density at radius 2 is 2.17 bits per heavy atom. The van der Waals surface area contributed by atoms with Gasteiger partial charge in [-0.1, -0.05) is 24.3 Å². The van der Waals surface area contributed by atoms with Gasteiger partial charge in [-0.15, -0.1) is 5.10 Å². The standard InChI is InChI=1S/C16H21N5O2/c1-11-6-7-20(12(8-11)9-17)15(22)10-21-16(23)13-4-2-3-5-14(13)18-19-21/h2-5,11-12H,6-10,17H2,1H3. The molecule has 2 unspecified atom stereocenters. The van der Waals surface area contributed by atoms with Gasteiger partial charge in [0.15, 0.2) is 0 Å². The summed E-state index contributed by atoms with van der Waals surface area (Å²) in [5, 5.41) is 8.36. The molecule has 1 aliphatic heterocycles. The fourth-order valence-electron chi connectivity index (χ4n) is 3.15. The number of hydrogen-bond donors (Lipinski definition) is 1. The number of likely N-dealkylation sites (tertiary alicyclic amines) is 1. The Labute approximate surface area is 134 Å². The first-order chi connectivity index (χ1) is 11.1. The van der Waals surface area contributed by atoms with Gasteiger partial charge in [-0.25, -0.2) is 4.68 Å². The van der Waals surface area contributed by atoms with Crippen LogP contribution in [0.15, 0.2) is 29.1 Å². The molecule has 122 valence electrons. The normalized spacial score (nSPS) is 21.6. The lowest BCUT2D eigenvalue weighted by Gasteiger charge is -2.38. The van der Waals surface area contributed by atoms with E-state index in [1.54, 1.807) is 29.2 Å². The number of piperidine rings is 1. The SMILES string of the molecule is CC1CCN(C(=O)Cn2nnc3ccccc3c2=O)C(CN)C1. The molecule has 7 heteroatoms. The predicted molar refractivity (Wildman–Crippen MR) is 86.8 cm³/mol. The van der Waals surface area contributed by atoms with Gasteiger partial charge in [-0.2, -0.15) is 0 Å². The summed E-state index contributed by atoms with van der Waals surface area (Å²) < 4.78 is 1.14. The zero-order valence-electron chi connectivity index (χ0n) is 13.2. The second-order valence-corrected chi connectivity index (χ2v) is 6.18. The highest BCUT2D eigenvalue weighted by Gasteiger charge is 2.29. The van der Waals surface area contributed by atoms with Crippen molar-refractivity contribution >= 4 is 16.8 Å². The number of aromatic nitrogens is 3. The maximum Gasteiger partial charge on any atom is 0.278 e. The average Bonchev–Trinajstić information content (AvgIpc) is 2.57. The minimum absolute atomic E-state index is 0.0374. The molecular formula is C16H21N5O2. The zero-order chi connectivity index (χ0) is 16.4. The van der Waals surface area contributed by atoms with Crippen molar-refractivity contribution in [3.8, 4) is 0 Å². The van der Waals surface area contributed by atoms with Crippen LogP contribution in [0.5, 0.6) is 0 Å². The molecule has 23 heavy (non-hydrogen) atoms. The maximum absolute atomic E-state index is 12.6. The Morgan fingerprint density at radius 1 is 1.39 bits per heavy atom. The summed E-state index contributed by atoms with van der Waals surface area (Å²) in [5.41, 5.74) is 6.04. The Hall–Kier alpha value is -2.28. The van der Waals surface area contributed by atoms with Crippen molar-refractivity contribution in [3.05, 3.63) is 34.6 Å². The number of benzene rings is 1. The Balaban J connectivity index is 1.83. The van der Waals surface area contributed by atoms with Crippen LogP contribution in [0.1, 0.15) is 19.8 Å². The van der Waals surface area contributed by atoms with E-state index < -0.39 is 0 Å². The molecule has 7 nitrogen and oxygen atoms in total. The van der Waals surface area contributed by atoms with Gasteiger partial charge in [-0.3, -0.25) is 9.59 Å². The Kier molecular flexibility index (Phi) is 4.38. The largest absolute Gasteiger partial charge is 0.337 e. The molecule has 1 aromatic heterocycles. The zero-order valence-corrected chi connectivity index (χ0v) is 13.2. The lowest BCUT2D eigenvalue weighted by molar-refractivity contribution is -0.136. The summed E-state index contributed by atoms with van der Waals surface area (Å²) in [6, 6.07) is 7.03. The molecule has 3 rings (SSSR count). The van der Waals surface area contributed by atoms with E-state index in [0.29, 0.717) is 29.9 Å². The van der Waals surface area contributed by atoms with Crippen LogP contribution in [0.4, 0.5) is 0 Å². The van der Waals surface area contributed by atoms with E-state index in [2.05, 4.69) is 17.2 Å². The van der Waals surface area contributed by atoms with Crippen molar-refractivity contribution in [1.29, 1.82) is 0 Å². The van der Waals surface area contributed by atoms with Crippen LogP contribution in [0.2, 0.25) is 0 Å². The van der Waals surface area contributed by atoms with Crippen molar-refractivity contribution in [2.75, 3.05) is 13.1 Å². The number of carbonyl (C=O) groups is 1. The minimum atomic E-state index is -0.293. The van der Waals surface area contributed by atoms with Crippen molar-refractivity contribution < 1.29 is 4.79 Å².